The van der Waals surface area contributed by atoms with E-state index in [9.17, 15) is 24.3 Å². The summed E-state index contributed by atoms with van der Waals surface area (Å²) in [4.78, 5) is 51.4. The van der Waals surface area contributed by atoms with E-state index in [1.165, 1.54) is 31.4 Å². The zero-order chi connectivity index (χ0) is 29.0. The highest BCUT2D eigenvalue weighted by Crippen LogP contribution is 2.33. The maximum Gasteiger partial charge on any atom is 0.339 e. The molecule has 1 aliphatic rings. The van der Waals surface area contributed by atoms with Crippen LogP contribution < -0.4 is 20.3 Å². The van der Waals surface area contributed by atoms with Gasteiger partial charge in [0.1, 0.15) is 22.0 Å². The normalized spacial score (nSPS) is 13.1. The fraction of sp³-hybridized carbons (Fsp3) is 0.172. The Hall–Kier alpha value is -4.34. The van der Waals surface area contributed by atoms with Gasteiger partial charge in [0, 0.05) is 17.3 Å². The van der Waals surface area contributed by atoms with Gasteiger partial charge >= 0.3 is 5.97 Å². The Morgan fingerprint density at radius 2 is 1.73 bits per heavy atom. The van der Waals surface area contributed by atoms with Crippen molar-refractivity contribution >= 4 is 64.0 Å². The molecule has 3 aromatic carbocycles. The molecular formula is C29H25Cl2N3O6. The van der Waals surface area contributed by atoms with Crippen LogP contribution in [0.15, 0.2) is 71.4 Å². The van der Waals surface area contributed by atoms with E-state index in [2.05, 4.69) is 17.6 Å². The van der Waals surface area contributed by atoms with Crippen LogP contribution in [0.5, 0.6) is 5.75 Å². The number of nitrogens with zero attached hydrogens (tertiary/aromatic N) is 1. The van der Waals surface area contributed by atoms with Crippen molar-refractivity contribution in [2.24, 2.45) is 0 Å². The van der Waals surface area contributed by atoms with Gasteiger partial charge in [-0.15, -0.1) is 0 Å². The molecule has 0 saturated carbocycles. The molecule has 0 saturated heterocycles. The molecule has 9 nitrogen and oxygen atoms in total. The smallest absolute Gasteiger partial charge is 0.339 e. The number of methoxy groups -OCH3 is 1. The number of imide groups is 1. The number of carboxylic acid groups (broad SMARTS) is 1. The summed E-state index contributed by atoms with van der Waals surface area (Å²) in [6, 6.07) is 15.8. The second kappa shape index (κ2) is 12.2. The molecule has 206 valence electrons. The molecule has 1 aliphatic heterocycles. The number of carbonyl (C=O) groups excluding carboxylic acids is 3. The van der Waals surface area contributed by atoms with Crippen molar-refractivity contribution in [3.63, 3.8) is 0 Å². The average Bonchev–Trinajstić information content (AvgIpc) is 3.15. The average molecular weight is 582 g/mol. The molecule has 40 heavy (non-hydrogen) atoms. The molecule has 0 aromatic heterocycles. The predicted octanol–water partition coefficient (Wildman–Crippen LogP) is 6.08. The van der Waals surface area contributed by atoms with Crippen molar-refractivity contribution in [2.75, 3.05) is 22.6 Å². The predicted molar refractivity (Wildman–Crippen MR) is 153 cm³/mol. The lowest BCUT2D eigenvalue weighted by Crippen LogP contribution is -2.32. The van der Waals surface area contributed by atoms with Crippen molar-refractivity contribution in [3.05, 3.63) is 93.1 Å². The van der Waals surface area contributed by atoms with Crippen LogP contribution in [-0.2, 0) is 16.0 Å². The van der Waals surface area contributed by atoms with E-state index < -0.39 is 23.7 Å². The Morgan fingerprint density at radius 3 is 2.38 bits per heavy atom. The number of hydrogen-bond donors (Lipinski definition) is 3. The minimum atomic E-state index is -1.23. The number of aryl methyl sites for hydroxylation is 1. The van der Waals surface area contributed by atoms with Crippen molar-refractivity contribution in [1.82, 2.24) is 0 Å². The molecule has 4 rings (SSSR count). The van der Waals surface area contributed by atoms with E-state index in [4.69, 9.17) is 27.9 Å². The Morgan fingerprint density at radius 1 is 1.00 bits per heavy atom. The van der Waals surface area contributed by atoms with Crippen LogP contribution >= 0.6 is 23.2 Å². The topological polar surface area (TPSA) is 125 Å². The van der Waals surface area contributed by atoms with E-state index in [0.717, 1.165) is 29.7 Å². The molecule has 0 radical (unpaired) electrons. The van der Waals surface area contributed by atoms with Crippen LogP contribution in [0, 0.1) is 0 Å². The van der Waals surface area contributed by atoms with Crippen molar-refractivity contribution in [3.8, 4) is 5.75 Å². The van der Waals surface area contributed by atoms with Crippen LogP contribution in [0.1, 0.15) is 46.0 Å². The fourth-order valence-electron chi connectivity index (χ4n) is 4.10. The van der Waals surface area contributed by atoms with Crippen molar-refractivity contribution in [2.45, 2.75) is 26.2 Å². The highest BCUT2D eigenvalue weighted by Gasteiger charge is 2.39. The van der Waals surface area contributed by atoms with Crippen LogP contribution in [0.2, 0.25) is 5.02 Å². The number of amides is 3. The van der Waals surface area contributed by atoms with Crippen LogP contribution in [0.3, 0.4) is 0 Å². The molecule has 0 bridgehead atoms. The van der Waals surface area contributed by atoms with Gasteiger partial charge in [-0.25, -0.2) is 9.69 Å². The molecule has 3 amide bonds. The number of rotatable bonds is 10. The Balaban J connectivity index is 1.51. The SMILES string of the molecule is CCCCc1ccc(N2C(=O)C(Cl)=C(Nc3cccc(C(=O)Nc4cc(OC)c(C(=O)O)cc4Cl)c3)C2=O)cc1. The molecule has 0 spiro atoms. The van der Waals surface area contributed by atoms with Gasteiger partial charge in [-0.2, -0.15) is 0 Å². The van der Waals surface area contributed by atoms with E-state index in [1.54, 1.807) is 24.3 Å². The zero-order valence-electron chi connectivity index (χ0n) is 21.6. The molecule has 3 N–H and O–H groups in total. The second-order valence-corrected chi connectivity index (χ2v) is 9.69. The van der Waals surface area contributed by atoms with Crippen LogP contribution in [0.25, 0.3) is 0 Å². The highest BCUT2D eigenvalue weighted by molar-refractivity contribution is 6.53. The van der Waals surface area contributed by atoms with Gasteiger partial charge in [0.05, 0.1) is 23.5 Å². The summed E-state index contributed by atoms with van der Waals surface area (Å²) in [5.74, 6) is -3.05. The summed E-state index contributed by atoms with van der Waals surface area (Å²) < 4.78 is 5.09. The van der Waals surface area contributed by atoms with Gasteiger partial charge in [-0.3, -0.25) is 14.4 Å². The van der Waals surface area contributed by atoms with Crippen LogP contribution in [-0.4, -0.2) is 35.9 Å². The third-order valence-electron chi connectivity index (χ3n) is 6.20. The van der Waals surface area contributed by atoms with E-state index in [1.807, 2.05) is 12.1 Å². The molecular weight excluding hydrogens is 557 g/mol. The lowest BCUT2D eigenvalue weighted by atomic mass is 10.1. The first-order valence-corrected chi connectivity index (χ1v) is 13.1. The minimum Gasteiger partial charge on any atom is -0.496 e. The van der Waals surface area contributed by atoms with Crippen molar-refractivity contribution in [1.29, 1.82) is 0 Å². The largest absolute Gasteiger partial charge is 0.496 e. The van der Waals surface area contributed by atoms with E-state index >= 15 is 0 Å². The number of aromatic carboxylic acids is 1. The number of unbranched alkanes of at least 4 members (excludes halogenated alkanes) is 1. The summed E-state index contributed by atoms with van der Waals surface area (Å²) in [5.41, 5.74) is 1.91. The summed E-state index contributed by atoms with van der Waals surface area (Å²) in [6.45, 7) is 2.11. The van der Waals surface area contributed by atoms with E-state index in [0.29, 0.717) is 11.4 Å². The lowest BCUT2D eigenvalue weighted by molar-refractivity contribution is -0.120. The first-order valence-electron chi connectivity index (χ1n) is 12.3. The summed E-state index contributed by atoms with van der Waals surface area (Å²) in [6.07, 6.45) is 3.00. The number of ether oxygens (including phenoxy) is 1. The maximum absolute atomic E-state index is 13.2. The van der Waals surface area contributed by atoms with Gasteiger partial charge in [-0.05, 0) is 54.8 Å². The van der Waals surface area contributed by atoms with Gasteiger partial charge < -0.3 is 20.5 Å². The zero-order valence-corrected chi connectivity index (χ0v) is 23.1. The maximum atomic E-state index is 13.2. The lowest BCUT2D eigenvalue weighted by Gasteiger charge is -2.16. The molecule has 0 fully saturated rings. The Kier molecular flexibility index (Phi) is 8.77. The monoisotopic (exact) mass is 581 g/mol. The highest BCUT2D eigenvalue weighted by atomic mass is 35.5. The van der Waals surface area contributed by atoms with E-state index in [-0.39, 0.29) is 38.3 Å². The Bertz CT molecular complexity index is 1540. The summed E-state index contributed by atoms with van der Waals surface area (Å²) in [7, 11) is 1.30. The third kappa shape index (κ3) is 5.95. The second-order valence-electron chi connectivity index (χ2n) is 8.90. The van der Waals surface area contributed by atoms with Gasteiger partial charge in [0.25, 0.3) is 17.7 Å². The molecule has 1 heterocycles. The molecule has 3 aromatic rings. The molecule has 0 aliphatic carbocycles. The minimum absolute atomic E-state index is 0.00585. The van der Waals surface area contributed by atoms with Gasteiger partial charge in [-0.1, -0.05) is 54.7 Å². The number of anilines is 3. The summed E-state index contributed by atoms with van der Waals surface area (Å²) >= 11 is 12.4. The quantitative estimate of drug-likeness (QED) is 0.248. The van der Waals surface area contributed by atoms with Gasteiger partial charge in [0.15, 0.2) is 0 Å². The van der Waals surface area contributed by atoms with Gasteiger partial charge in [0.2, 0.25) is 0 Å². The Labute approximate surface area is 240 Å². The standard InChI is InChI=1S/C29H25Cl2N3O6/c1-3-4-6-16-9-11-19(12-10-16)34-27(36)24(31)25(28(34)37)32-18-8-5-7-17(13-18)26(35)33-22-15-23(40-2)20(29(38)39)14-21(22)30/h5,7-15,32H,3-4,6H2,1-2H3,(H,33,35)(H,38,39). The first kappa shape index (κ1) is 28.7. The summed E-state index contributed by atoms with van der Waals surface area (Å²) in [5, 5.41) is 14.5. The number of halogens is 2. The van der Waals surface area contributed by atoms with Crippen molar-refractivity contribution < 1.29 is 29.0 Å². The third-order valence-corrected chi connectivity index (χ3v) is 6.87. The van der Waals surface area contributed by atoms with Crippen LogP contribution in [0.4, 0.5) is 17.1 Å². The number of carboxylic acids is 1. The molecule has 0 unspecified atom stereocenters. The number of hydrogen-bond acceptors (Lipinski definition) is 6. The number of benzene rings is 3. The molecule has 0 atom stereocenters. The molecule has 11 heteroatoms. The fourth-order valence-corrected chi connectivity index (χ4v) is 4.52. The number of carbonyl (C=O) groups is 4. The number of nitrogens with one attached hydrogen (secondary N) is 2. The first-order chi connectivity index (χ1) is 19.1.